The fourth-order valence-electron chi connectivity index (χ4n) is 1.93. The van der Waals surface area contributed by atoms with E-state index in [1.54, 1.807) is 12.1 Å². The highest BCUT2D eigenvalue weighted by atomic mass is 35.5. The number of pyridine rings is 1. The van der Waals surface area contributed by atoms with Crippen LogP contribution in [-0.2, 0) is 6.18 Å². The Morgan fingerprint density at radius 2 is 2.05 bits per heavy atom. The third-order valence-electron chi connectivity index (χ3n) is 2.87. The number of fused-ring (bicyclic) bond motifs is 1. The third-order valence-corrected chi connectivity index (χ3v) is 3.20. The van der Waals surface area contributed by atoms with E-state index in [1.165, 1.54) is 18.3 Å². The number of hydrogen-bond acceptors (Lipinski definition) is 1. The molecule has 3 aromatic rings. The molecule has 0 radical (unpaired) electrons. The second-order valence-corrected chi connectivity index (χ2v) is 4.62. The van der Waals surface area contributed by atoms with Gasteiger partial charge in [-0.1, -0.05) is 23.7 Å². The molecule has 0 aliphatic rings. The zero-order valence-electron chi connectivity index (χ0n) is 10.9. The molecule has 0 saturated heterocycles. The molecule has 0 fully saturated rings. The Balaban J connectivity index is 2.22. The zero-order valence-corrected chi connectivity index (χ0v) is 10.7. The summed E-state index contributed by atoms with van der Waals surface area (Å²) in [5.41, 5.74) is 0.0209. The first-order chi connectivity index (χ1) is 9.88. The highest BCUT2D eigenvalue weighted by molar-refractivity contribution is 6.35. The van der Waals surface area contributed by atoms with Gasteiger partial charge >= 0.3 is 6.18 Å². The molecule has 1 N–H and O–H groups in total. The number of aromatic nitrogens is 2. The average Bonchev–Trinajstić information content (AvgIpc) is 2.83. The number of halogens is 4. The van der Waals surface area contributed by atoms with Crippen LogP contribution in [0.2, 0.25) is 5.02 Å². The van der Waals surface area contributed by atoms with E-state index in [1.807, 2.05) is 0 Å². The lowest BCUT2D eigenvalue weighted by molar-refractivity contribution is -0.137. The number of benzene rings is 1. The number of nitrogens with zero attached hydrogens (tertiary/aromatic N) is 1. The third kappa shape index (κ3) is 2.25. The Bertz CT molecular complexity index is 827. The molecule has 6 heteroatoms. The number of hydrogen-bond donors (Lipinski definition) is 1. The van der Waals surface area contributed by atoms with Crippen LogP contribution in [0.15, 0.2) is 42.6 Å². The number of H-pyrrole nitrogens is 1. The summed E-state index contributed by atoms with van der Waals surface area (Å²) in [4.78, 5) is 6.95. The van der Waals surface area contributed by atoms with Crippen molar-refractivity contribution in [1.29, 1.82) is 0 Å². The molecule has 0 aliphatic carbocycles. The molecule has 102 valence electrons. The molecule has 0 amide bonds. The van der Waals surface area contributed by atoms with Gasteiger partial charge < -0.3 is 4.98 Å². The molecule has 3 rings (SSSR count). The van der Waals surface area contributed by atoms with Gasteiger partial charge in [0.2, 0.25) is 0 Å². The predicted molar refractivity (Wildman–Crippen MR) is 71.5 cm³/mol. The van der Waals surface area contributed by atoms with E-state index in [0.717, 1.165) is 6.07 Å². The second-order valence-electron chi connectivity index (χ2n) is 4.21. The Hall–Kier alpha value is -2.01. The zero-order chi connectivity index (χ0) is 15.2. The van der Waals surface area contributed by atoms with Crippen molar-refractivity contribution in [2.24, 2.45) is 0 Å². The summed E-state index contributed by atoms with van der Waals surface area (Å²) in [6.45, 7) is 0. The molecule has 0 spiro atoms. The summed E-state index contributed by atoms with van der Waals surface area (Å²) in [6.07, 6.45) is -3.06. The SMILES string of the molecule is [2H]c1c(-c2cc3c(Cl)ccnc3[nH]2)cccc1C(F)(F)F. The van der Waals surface area contributed by atoms with Crippen LogP contribution in [0.25, 0.3) is 22.3 Å². The van der Waals surface area contributed by atoms with Crippen LogP contribution in [0, 0.1) is 0 Å². The molecular weight excluding hydrogens is 289 g/mol. The Morgan fingerprint density at radius 1 is 1.25 bits per heavy atom. The summed E-state index contributed by atoms with van der Waals surface area (Å²) in [6, 6.07) is 6.23. The maximum absolute atomic E-state index is 12.8. The molecule has 2 nitrogen and oxygen atoms in total. The minimum atomic E-state index is -4.56. The van der Waals surface area contributed by atoms with Gasteiger partial charge in [-0.05, 0) is 29.8 Å². The van der Waals surface area contributed by atoms with Gasteiger partial charge in [0.15, 0.2) is 0 Å². The van der Waals surface area contributed by atoms with Crippen LogP contribution in [0.5, 0.6) is 0 Å². The minimum absolute atomic E-state index is 0.152. The number of rotatable bonds is 1. The lowest BCUT2D eigenvalue weighted by Gasteiger charge is -2.07. The van der Waals surface area contributed by atoms with E-state index >= 15 is 0 Å². The maximum atomic E-state index is 12.8. The summed E-state index contributed by atoms with van der Waals surface area (Å²) in [5, 5.41) is 1.05. The van der Waals surface area contributed by atoms with Crippen molar-refractivity contribution in [1.82, 2.24) is 9.97 Å². The number of alkyl halides is 3. The highest BCUT2D eigenvalue weighted by Crippen LogP contribution is 2.33. The van der Waals surface area contributed by atoms with Crippen molar-refractivity contribution in [2.75, 3.05) is 0 Å². The molecule has 0 saturated carbocycles. The lowest BCUT2D eigenvalue weighted by atomic mass is 10.1. The van der Waals surface area contributed by atoms with Crippen LogP contribution in [0.3, 0.4) is 0 Å². The standard InChI is InChI=1S/C14H8ClF3N2/c15-11-4-5-19-13-10(11)7-12(20-13)8-2-1-3-9(6-8)14(16,17)18/h1-7H,(H,19,20)/i6D. The van der Waals surface area contributed by atoms with Crippen molar-refractivity contribution in [2.45, 2.75) is 6.18 Å². The summed E-state index contributed by atoms with van der Waals surface area (Å²) in [7, 11) is 0. The van der Waals surface area contributed by atoms with Crippen molar-refractivity contribution < 1.29 is 14.5 Å². The first kappa shape index (κ1) is 11.8. The largest absolute Gasteiger partial charge is 0.416 e. The Kier molecular flexibility index (Phi) is 2.67. The van der Waals surface area contributed by atoms with Crippen LogP contribution < -0.4 is 0 Å². The Morgan fingerprint density at radius 3 is 2.75 bits per heavy atom. The van der Waals surface area contributed by atoms with E-state index in [0.29, 0.717) is 21.7 Å². The first-order valence-electron chi connectivity index (χ1n) is 6.18. The minimum Gasteiger partial charge on any atom is -0.339 e. The molecule has 2 aromatic heterocycles. The molecular formula is C14H8ClF3N2. The fourth-order valence-corrected chi connectivity index (χ4v) is 2.13. The van der Waals surface area contributed by atoms with E-state index in [-0.39, 0.29) is 5.56 Å². The van der Waals surface area contributed by atoms with Gasteiger partial charge in [-0.3, -0.25) is 0 Å². The topological polar surface area (TPSA) is 28.7 Å². The molecule has 0 aliphatic heterocycles. The van der Waals surface area contributed by atoms with E-state index in [9.17, 15) is 13.2 Å². The first-order valence-corrected chi connectivity index (χ1v) is 6.06. The maximum Gasteiger partial charge on any atom is 0.416 e. The van der Waals surface area contributed by atoms with Crippen LogP contribution in [0.4, 0.5) is 13.2 Å². The molecule has 0 unspecified atom stereocenters. The molecule has 2 heterocycles. The Labute approximate surface area is 118 Å². The van der Waals surface area contributed by atoms with Crippen molar-refractivity contribution in [3.8, 4) is 11.3 Å². The van der Waals surface area contributed by atoms with Crippen LogP contribution in [-0.4, -0.2) is 9.97 Å². The quantitative estimate of drug-likeness (QED) is 0.680. The average molecular weight is 298 g/mol. The number of aromatic amines is 1. The highest BCUT2D eigenvalue weighted by Gasteiger charge is 2.30. The van der Waals surface area contributed by atoms with Crippen molar-refractivity contribution in [3.63, 3.8) is 0 Å². The van der Waals surface area contributed by atoms with Crippen molar-refractivity contribution >= 4 is 22.6 Å². The summed E-state index contributed by atoms with van der Waals surface area (Å²) >= 11 is 6.01. The van der Waals surface area contributed by atoms with Gasteiger partial charge in [0.05, 0.1) is 12.0 Å². The molecule has 1 aromatic carbocycles. The molecule has 20 heavy (non-hydrogen) atoms. The second kappa shape index (κ2) is 4.52. The smallest absolute Gasteiger partial charge is 0.339 e. The fraction of sp³-hybridized carbons (Fsp3) is 0.0714. The normalized spacial score (nSPS) is 12.7. The molecule has 0 atom stereocenters. The predicted octanol–water partition coefficient (Wildman–Crippen LogP) is 4.90. The van der Waals surface area contributed by atoms with E-state index in [2.05, 4.69) is 9.97 Å². The van der Waals surface area contributed by atoms with E-state index in [4.69, 9.17) is 13.0 Å². The summed E-state index contributed by atoms with van der Waals surface area (Å²) < 4.78 is 46.3. The van der Waals surface area contributed by atoms with E-state index < -0.39 is 17.8 Å². The molecule has 0 bridgehead atoms. The lowest BCUT2D eigenvalue weighted by Crippen LogP contribution is -2.04. The van der Waals surface area contributed by atoms with Gasteiger partial charge in [-0.2, -0.15) is 13.2 Å². The monoisotopic (exact) mass is 297 g/mol. The van der Waals surface area contributed by atoms with Gasteiger partial charge in [0.1, 0.15) is 5.65 Å². The van der Waals surface area contributed by atoms with Gasteiger partial charge in [0, 0.05) is 17.3 Å². The van der Waals surface area contributed by atoms with Gasteiger partial charge in [-0.15, -0.1) is 0 Å². The van der Waals surface area contributed by atoms with Crippen LogP contribution in [0.1, 0.15) is 6.93 Å². The number of nitrogens with one attached hydrogen (secondary N) is 1. The van der Waals surface area contributed by atoms with Crippen molar-refractivity contribution in [3.05, 3.63) is 53.2 Å². The van der Waals surface area contributed by atoms with Gasteiger partial charge in [-0.25, -0.2) is 4.98 Å². The summed E-state index contributed by atoms with van der Waals surface area (Å²) in [5.74, 6) is 0. The van der Waals surface area contributed by atoms with Crippen LogP contribution >= 0.6 is 11.6 Å². The van der Waals surface area contributed by atoms with Gasteiger partial charge in [0.25, 0.3) is 0 Å².